The molecule has 0 saturated carbocycles. The van der Waals surface area contributed by atoms with E-state index in [4.69, 9.17) is 5.84 Å². The smallest absolute Gasteiger partial charge is 0.0587 e. The molecule has 90 valence electrons. The van der Waals surface area contributed by atoms with Gasteiger partial charge in [-0.05, 0) is 36.0 Å². The molecule has 0 amide bonds. The van der Waals surface area contributed by atoms with Crippen molar-refractivity contribution >= 4 is 0 Å². The Labute approximate surface area is 98.4 Å². The SMILES string of the molecule is Cc1ccc(C(C)C)cc1CCNCNN. The lowest BCUT2D eigenvalue weighted by Crippen LogP contribution is -2.34. The maximum atomic E-state index is 5.19. The average Bonchev–Trinajstić information content (AvgIpc) is 2.26. The molecule has 0 aliphatic carbocycles. The molecule has 0 fully saturated rings. The maximum absolute atomic E-state index is 5.19. The van der Waals surface area contributed by atoms with E-state index in [0.717, 1.165) is 13.0 Å². The lowest BCUT2D eigenvalue weighted by Gasteiger charge is -2.11. The van der Waals surface area contributed by atoms with E-state index in [1.807, 2.05) is 0 Å². The van der Waals surface area contributed by atoms with E-state index in [9.17, 15) is 0 Å². The Morgan fingerprint density at radius 3 is 2.69 bits per heavy atom. The van der Waals surface area contributed by atoms with E-state index in [1.54, 1.807) is 0 Å². The third-order valence-electron chi connectivity index (χ3n) is 2.84. The second-order valence-electron chi connectivity index (χ2n) is 4.47. The topological polar surface area (TPSA) is 50.1 Å². The molecular formula is C13H23N3. The standard InChI is InChI=1S/C13H23N3/c1-10(2)12-5-4-11(3)13(8-12)6-7-15-9-16-14/h4-5,8,10,15-16H,6-7,9,14H2,1-3H3. The summed E-state index contributed by atoms with van der Waals surface area (Å²) < 4.78 is 0. The first-order chi connectivity index (χ1) is 7.65. The Hall–Kier alpha value is -0.900. The number of aryl methyl sites for hydroxylation is 1. The van der Waals surface area contributed by atoms with Gasteiger partial charge in [0.25, 0.3) is 0 Å². The molecule has 4 N–H and O–H groups in total. The quantitative estimate of drug-likeness (QED) is 0.296. The van der Waals surface area contributed by atoms with Gasteiger partial charge in [-0.25, -0.2) is 5.43 Å². The lowest BCUT2D eigenvalue weighted by atomic mass is 9.96. The van der Waals surface area contributed by atoms with E-state index in [2.05, 4.69) is 49.7 Å². The molecular weight excluding hydrogens is 198 g/mol. The van der Waals surface area contributed by atoms with Crippen molar-refractivity contribution in [2.45, 2.75) is 33.1 Å². The van der Waals surface area contributed by atoms with E-state index < -0.39 is 0 Å². The summed E-state index contributed by atoms with van der Waals surface area (Å²) in [4.78, 5) is 0. The third kappa shape index (κ3) is 3.93. The molecule has 0 aliphatic rings. The van der Waals surface area contributed by atoms with Gasteiger partial charge in [-0.15, -0.1) is 0 Å². The summed E-state index contributed by atoms with van der Waals surface area (Å²) in [5.74, 6) is 5.78. The maximum Gasteiger partial charge on any atom is 0.0587 e. The van der Waals surface area contributed by atoms with Gasteiger partial charge in [-0.2, -0.15) is 0 Å². The molecule has 1 aromatic carbocycles. The summed E-state index contributed by atoms with van der Waals surface area (Å²) in [6, 6.07) is 6.75. The van der Waals surface area contributed by atoms with Crippen molar-refractivity contribution < 1.29 is 0 Å². The highest BCUT2D eigenvalue weighted by atomic mass is 15.3. The van der Waals surface area contributed by atoms with Crippen LogP contribution in [-0.4, -0.2) is 13.2 Å². The highest BCUT2D eigenvalue weighted by Crippen LogP contribution is 2.18. The van der Waals surface area contributed by atoms with Crippen LogP contribution in [0.15, 0.2) is 18.2 Å². The summed E-state index contributed by atoms with van der Waals surface area (Å²) in [6.07, 6.45) is 1.05. The Bertz CT molecular complexity index is 321. The van der Waals surface area contributed by atoms with Crippen molar-refractivity contribution in [2.24, 2.45) is 5.84 Å². The van der Waals surface area contributed by atoms with E-state index in [-0.39, 0.29) is 0 Å². The van der Waals surface area contributed by atoms with Crippen LogP contribution in [0, 0.1) is 6.92 Å². The highest BCUT2D eigenvalue weighted by molar-refractivity contribution is 5.32. The van der Waals surface area contributed by atoms with Crippen molar-refractivity contribution in [3.8, 4) is 0 Å². The van der Waals surface area contributed by atoms with Gasteiger partial charge < -0.3 is 5.32 Å². The highest BCUT2D eigenvalue weighted by Gasteiger charge is 2.03. The molecule has 0 aliphatic heterocycles. The molecule has 0 bridgehead atoms. The summed E-state index contributed by atoms with van der Waals surface area (Å²) in [5, 5.41) is 3.22. The third-order valence-corrected chi connectivity index (χ3v) is 2.84. The predicted octanol–water partition coefficient (Wildman–Crippen LogP) is 1.67. The molecule has 1 rings (SSSR count). The minimum atomic E-state index is 0.595. The second kappa shape index (κ2) is 6.63. The van der Waals surface area contributed by atoms with Crippen LogP contribution in [0.25, 0.3) is 0 Å². The fourth-order valence-electron chi connectivity index (χ4n) is 1.70. The molecule has 0 radical (unpaired) electrons. The molecule has 0 saturated heterocycles. The average molecular weight is 221 g/mol. The largest absolute Gasteiger partial charge is 0.303 e. The zero-order valence-corrected chi connectivity index (χ0v) is 10.5. The number of hydrazine groups is 1. The molecule has 0 heterocycles. The number of hydrogen-bond donors (Lipinski definition) is 3. The predicted molar refractivity (Wildman–Crippen MR) is 69.2 cm³/mol. The molecule has 3 nitrogen and oxygen atoms in total. The Balaban J connectivity index is 2.60. The van der Waals surface area contributed by atoms with Gasteiger partial charge in [0.05, 0.1) is 6.67 Å². The van der Waals surface area contributed by atoms with Gasteiger partial charge in [-0.1, -0.05) is 32.0 Å². The molecule has 16 heavy (non-hydrogen) atoms. The van der Waals surface area contributed by atoms with Crippen molar-refractivity contribution in [3.05, 3.63) is 34.9 Å². The molecule has 0 aromatic heterocycles. The van der Waals surface area contributed by atoms with E-state index >= 15 is 0 Å². The molecule has 1 aromatic rings. The van der Waals surface area contributed by atoms with Crippen LogP contribution < -0.4 is 16.6 Å². The van der Waals surface area contributed by atoms with Crippen LogP contribution in [0.5, 0.6) is 0 Å². The van der Waals surface area contributed by atoms with Crippen LogP contribution in [0.4, 0.5) is 0 Å². The lowest BCUT2D eigenvalue weighted by molar-refractivity contribution is 0.601. The Morgan fingerprint density at radius 1 is 1.31 bits per heavy atom. The summed E-state index contributed by atoms with van der Waals surface area (Å²) in [7, 11) is 0. The molecule has 0 spiro atoms. The first kappa shape index (κ1) is 13.2. The molecule has 0 unspecified atom stereocenters. The Morgan fingerprint density at radius 2 is 2.06 bits per heavy atom. The zero-order chi connectivity index (χ0) is 12.0. The van der Waals surface area contributed by atoms with Crippen molar-refractivity contribution in [2.75, 3.05) is 13.2 Å². The zero-order valence-electron chi connectivity index (χ0n) is 10.5. The monoisotopic (exact) mass is 221 g/mol. The number of hydrogen-bond acceptors (Lipinski definition) is 3. The molecule has 3 heteroatoms. The van der Waals surface area contributed by atoms with Gasteiger partial charge in [0, 0.05) is 6.54 Å². The number of nitrogens with two attached hydrogens (primary N) is 1. The number of benzene rings is 1. The summed E-state index contributed by atoms with van der Waals surface area (Å²) in [5.41, 5.74) is 6.80. The Kier molecular flexibility index (Phi) is 5.46. The van der Waals surface area contributed by atoms with Crippen LogP contribution in [0.2, 0.25) is 0 Å². The molecule has 0 atom stereocenters. The number of nitrogens with one attached hydrogen (secondary N) is 2. The normalized spacial score (nSPS) is 11.1. The fourth-order valence-corrected chi connectivity index (χ4v) is 1.70. The summed E-state index contributed by atoms with van der Waals surface area (Å²) in [6.45, 7) is 8.23. The van der Waals surface area contributed by atoms with Gasteiger partial charge in [0.2, 0.25) is 0 Å². The van der Waals surface area contributed by atoms with Crippen molar-refractivity contribution in [1.29, 1.82) is 0 Å². The van der Waals surface area contributed by atoms with Crippen LogP contribution >= 0.6 is 0 Å². The van der Waals surface area contributed by atoms with Crippen molar-refractivity contribution in [1.82, 2.24) is 10.7 Å². The minimum Gasteiger partial charge on any atom is -0.303 e. The van der Waals surface area contributed by atoms with Gasteiger partial charge in [0.15, 0.2) is 0 Å². The first-order valence-corrected chi connectivity index (χ1v) is 5.88. The summed E-state index contributed by atoms with van der Waals surface area (Å²) >= 11 is 0. The second-order valence-corrected chi connectivity index (χ2v) is 4.47. The number of rotatable bonds is 6. The van der Waals surface area contributed by atoms with Crippen molar-refractivity contribution in [3.63, 3.8) is 0 Å². The van der Waals surface area contributed by atoms with Crippen LogP contribution in [0.3, 0.4) is 0 Å². The van der Waals surface area contributed by atoms with Gasteiger partial charge in [-0.3, -0.25) is 5.84 Å². The first-order valence-electron chi connectivity index (χ1n) is 5.88. The van der Waals surface area contributed by atoms with E-state index in [0.29, 0.717) is 12.6 Å². The van der Waals surface area contributed by atoms with Crippen LogP contribution in [0.1, 0.15) is 36.5 Å². The van der Waals surface area contributed by atoms with Crippen LogP contribution in [-0.2, 0) is 6.42 Å². The fraction of sp³-hybridized carbons (Fsp3) is 0.538. The van der Waals surface area contributed by atoms with E-state index in [1.165, 1.54) is 16.7 Å². The van der Waals surface area contributed by atoms with Gasteiger partial charge >= 0.3 is 0 Å². The van der Waals surface area contributed by atoms with Gasteiger partial charge in [0.1, 0.15) is 0 Å². The minimum absolute atomic E-state index is 0.595.